The van der Waals surface area contributed by atoms with E-state index in [0.29, 0.717) is 16.8 Å². The van der Waals surface area contributed by atoms with Gasteiger partial charge in [-0.15, -0.1) is 0 Å². The van der Waals surface area contributed by atoms with Crippen LogP contribution in [0.5, 0.6) is 0 Å². The van der Waals surface area contributed by atoms with Gasteiger partial charge in [-0.1, -0.05) is 18.2 Å². The fourth-order valence-corrected chi connectivity index (χ4v) is 3.88. The highest BCUT2D eigenvalue weighted by atomic mass is 32.2. The number of sulfonamides is 1. The Balaban J connectivity index is 1.65. The minimum Gasteiger partial charge on any atom is -0.326 e. The summed E-state index contributed by atoms with van der Waals surface area (Å²) in [5.41, 5.74) is 1.20. The van der Waals surface area contributed by atoms with Gasteiger partial charge in [0.2, 0.25) is 5.91 Å². The lowest BCUT2D eigenvalue weighted by Crippen LogP contribution is -2.23. The number of hydrogen-bond acceptors (Lipinski definition) is 6. The Morgan fingerprint density at radius 1 is 1.26 bits per heavy atom. The molecule has 1 amide bonds. The number of fused-ring (bicyclic) bond motifs is 1. The van der Waals surface area contributed by atoms with Crippen LogP contribution in [0.3, 0.4) is 0 Å². The average Bonchev–Trinajstić information content (AvgIpc) is 2.87. The Labute approximate surface area is 155 Å². The number of aryl methyl sites for hydroxylation is 1. The number of amidine groups is 1. The Kier molecular flexibility index (Phi) is 4.91. The van der Waals surface area contributed by atoms with Gasteiger partial charge in [-0.05, 0) is 25.1 Å². The minimum absolute atomic E-state index is 0.00489. The number of benzene rings is 2. The van der Waals surface area contributed by atoms with E-state index in [9.17, 15) is 23.3 Å². The zero-order valence-electron chi connectivity index (χ0n) is 14.3. The number of rotatable bonds is 5. The van der Waals surface area contributed by atoms with Crippen LogP contribution in [-0.4, -0.2) is 31.6 Å². The fraction of sp³-hybridized carbons (Fsp3) is 0.176. The first kappa shape index (κ1) is 18.5. The van der Waals surface area contributed by atoms with E-state index in [4.69, 9.17) is 0 Å². The lowest BCUT2D eigenvalue weighted by atomic mass is 10.2. The minimum atomic E-state index is -3.62. The smallest absolute Gasteiger partial charge is 0.274 e. The van der Waals surface area contributed by atoms with Crippen molar-refractivity contribution in [2.24, 2.45) is 4.99 Å². The maximum atomic E-state index is 12.0. The average molecular weight is 388 g/mol. The molecule has 2 N–H and O–H groups in total. The van der Waals surface area contributed by atoms with Gasteiger partial charge in [-0.25, -0.2) is 8.42 Å². The van der Waals surface area contributed by atoms with Gasteiger partial charge in [-0.3, -0.25) is 24.6 Å². The number of nitro benzene ring substituents is 1. The van der Waals surface area contributed by atoms with Crippen LogP contribution in [-0.2, 0) is 14.8 Å². The van der Waals surface area contributed by atoms with Crippen LogP contribution in [0.25, 0.3) is 0 Å². The molecule has 0 aliphatic carbocycles. The maximum absolute atomic E-state index is 12.0. The number of carbonyl (C=O) groups excluding carboxylic acids is 1. The van der Waals surface area contributed by atoms with Crippen molar-refractivity contribution in [3.8, 4) is 0 Å². The van der Waals surface area contributed by atoms with Crippen molar-refractivity contribution < 1.29 is 18.1 Å². The maximum Gasteiger partial charge on any atom is 0.274 e. The standard InChI is InChI=1S/C17H16N4O5S/c1-11-6-7-12(10-14(11)21(23)24)19-16(22)8-9-18-17-13-4-2-3-5-15(13)27(25,26)20-17/h2-7,10H,8-9H2,1H3,(H,18,20)(H,19,22). The molecule has 0 fully saturated rings. The summed E-state index contributed by atoms with van der Waals surface area (Å²) < 4.78 is 26.3. The van der Waals surface area contributed by atoms with Crippen LogP contribution in [0.1, 0.15) is 17.5 Å². The molecule has 9 nitrogen and oxygen atoms in total. The summed E-state index contributed by atoms with van der Waals surface area (Å²) in [5.74, 6) is -0.184. The molecule has 0 saturated carbocycles. The summed E-state index contributed by atoms with van der Waals surface area (Å²) in [6.07, 6.45) is -0.00489. The normalized spacial score (nSPS) is 15.8. The van der Waals surface area contributed by atoms with Crippen molar-refractivity contribution in [3.63, 3.8) is 0 Å². The number of nitro groups is 1. The van der Waals surface area contributed by atoms with Crippen LogP contribution < -0.4 is 10.0 Å². The first-order chi connectivity index (χ1) is 12.8. The molecule has 140 valence electrons. The van der Waals surface area contributed by atoms with Crippen LogP contribution in [0, 0.1) is 17.0 Å². The zero-order chi connectivity index (χ0) is 19.6. The third kappa shape index (κ3) is 3.95. The van der Waals surface area contributed by atoms with E-state index in [2.05, 4.69) is 15.0 Å². The van der Waals surface area contributed by atoms with E-state index in [1.54, 1.807) is 37.3 Å². The summed E-state index contributed by atoms with van der Waals surface area (Å²) in [4.78, 5) is 26.8. The number of nitrogens with one attached hydrogen (secondary N) is 2. The summed E-state index contributed by atoms with van der Waals surface area (Å²) in [6.45, 7) is 1.67. The summed E-state index contributed by atoms with van der Waals surface area (Å²) in [5, 5.41) is 13.5. The van der Waals surface area contributed by atoms with Gasteiger partial charge in [0.15, 0.2) is 0 Å². The van der Waals surface area contributed by atoms with E-state index in [1.807, 2.05) is 0 Å². The molecule has 0 unspecified atom stereocenters. The van der Waals surface area contributed by atoms with E-state index in [0.717, 1.165) is 0 Å². The Morgan fingerprint density at radius 2 is 2.00 bits per heavy atom. The van der Waals surface area contributed by atoms with Gasteiger partial charge in [0.1, 0.15) is 5.84 Å². The van der Waals surface area contributed by atoms with E-state index >= 15 is 0 Å². The van der Waals surface area contributed by atoms with Crippen LogP contribution in [0.15, 0.2) is 52.4 Å². The van der Waals surface area contributed by atoms with E-state index in [1.165, 1.54) is 12.1 Å². The highest BCUT2D eigenvalue weighted by Gasteiger charge is 2.29. The van der Waals surface area contributed by atoms with Crippen molar-refractivity contribution in [3.05, 3.63) is 63.7 Å². The highest BCUT2D eigenvalue weighted by Crippen LogP contribution is 2.23. The predicted molar refractivity (Wildman–Crippen MR) is 99.2 cm³/mol. The largest absolute Gasteiger partial charge is 0.326 e. The molecule has 3 rings (SSSR count). The molecule has 2 aromatic rings. The number of aliphatic imine (C=N–C) groups is 1. The first-order valence-electron chi connectivity index (χ1n) is 7.99. The van der Waals surface area contributed by atoms with Crippen molar-refractivity contribution in [2.45, 2.75) is 18.2 Å². The lowest BCUT2D eigenvalue weighted by Gasteiger charge is -2.05. The molecule has 27 heavy (non-hydrogen) atoms. The number of nitrogens with zero attached hydrogens (tertiary/aromatic N) is 2. The first-order valence-corrected chi connectivity index (χ1v) is 9.48. The van der Waals surface area contributed by atoms with E-state index < -0.39 is 14.9 Å². The predicted octanol–water partition coefficient (Wildman–Crippen LogP) is 1.97. The molecule has 0 bridgehead atoms. The third-order valence-electron chi connectivity index (χ3n) is 3.96. The van der Waals surface area contributed by atoms with Crippen molar-refractivity contribution in [2.75, 3.05) is 11.9 Å². The Hall–Kier alpha value is -3.27. The molecule has 1 heterocycles. The third-order valence-corrected chi connectivity index (χ3v) is 5.36. The monoisotopic (exact) mass is 388 g/mol. The molecule has 0 aromatic heterocycles. The molecule has 10 heteroatoms. The quantitative estimate of drug-likeness (QED) is 0.597. The van der Waals surface area contributed by atoms with E-state index in [-0.39, 0.29) is 35.3 Å². The van der Waals surface area contributed by atoms with Crippen molar-refractivity contribution >= 4 is 33.1 Å². The Morgan fingerprint density at radius 3 is 2.74 bits per heavy atom. The molecule has 0 atom stereocenters. The van der Waals surface area contributed by atoms with Crippen LogP contribution in [0.4, 0.5) is 11.4 Å². The van der Waals surface area contributed by atoms with Crippen LogP contribution >= 0.6 is 0 Å². The summed E-state index contributed by atoms with van der Waals surface area (Å²) in [6, 6.07) is 10.9. The summed E-state index contributed by atoms with van der Waals surface area (Å²) in [7, 11) is -3.62. The van der Waals surface area contributed by atoms with Gasteiger partial charge in [0.05, 0.1) is 16.4 Å². The fourth-order valence-electron chi connectivity index (χ4n) is 2.63. The number of carbonyl (C=O) groups is 1. The second kappa shape index (κ2) is 7.16. The highest BCUT2D eigenvalue weighted by molar-refractivity contribution is 7.90. The van der Waals surface area contributed by atoms with Gasteiger partial charge >= 0.3 is 0 Å². The molecule has 0 spiro atoms. The van der Waals surface area contributed by atoms with Crippen molar-refractivity contribution in [1.29, 1.82) is 0 Å². The number of anilines is 1. The second-order valence-electron chi connectivity index (χ2n) is 5.89. The lowest BCUT2D eigenvalue weighted by molar-refractivity contribution is -0.385. The molecule has 1 aliphatic rings. The zero-order valence-corrected chi connectivity index (χ0v) is 15.1. The van der Waals surface area contributed by atoms with Gasteiger partial charge in [-0.2, -0.15) is 0 Å². The molecule has 0 saturated heterocycles. The second-order valence-corrected chi connectivity index (χ2v) is 7.54. The van der Waals surface area contributed by atoms with Gasteiger partial charge in [0.25, 0.3) is 15.7 Å². The SMILES string of the molecule is Cc1ccc(NC(=O)CCN=C2NS(=O)(=O)c3ccccc32)cc1[N+](=O)[O-]. The van der Waals surface area contributed by atoms with Gasteiger partial charge in [0, 0.05) is 29.3 Å². The van der Waals surface area contributed by atoms with Gasteiger partial charge < -0.3 is 5.32 Å². The molecular formula is C17H16N4O5S. The molecule has 2 aromatic carbocycles. The Bertz CT molecular complexity index is 1060. The van der Waals surface area contributed by atoms with Crippen LogP contribution in [0.2, 0.25) is 0 Å². The molecule has 0 radical (unpaired) electrons. The topological polar surface area (TPSA) is 131 Å². The molecular weight excluding hydrogens is 372 g/mol. The summed E-state index contributed by atoms with van der Waals surface area (Å²) >= 11 is 0. The molecule has 1 aliphatic heterocycles. The number of amides is 1. The number of hydrogen-bond donors (Lipinski definition) is 2. The van der Waals surface area contributed by atoms with Crippen molar-refractivity contribution in [1.82, 2.24) is 4.72 Å².